The van der Waals surface area contributed by atoms with E-state index in [1.54, 1.807) is 7.11 Å². The number of nitrogens with one attached hydrogen (secondary N) is 1. The Morgan fingerprint density at radius 3 is 2.76 bits per heavy atom. The number of halogens is 2. The lowest BCUT2D eigenvalue weighted by atomic mass is 10.1. The van der Waals surface area contributed by atoms with Gasteiger partial charge in [0.1, 0.15) is 5.75 Å². The van der Waals surface area contributed by atoms with E-state index in [0.717, 1.165) is 20.3 Å². The van der Waals surface area contributed by atoms with Gasteiger partial charge in [0.25, 0.3) is 0 Å². The molecule has 0 aromatic heterocycles. The number of nitrogens with zero attached hydrogens (tertiary/aromatic N) is 1. The van der Waals surface area contributed by atoms with Gasteiger partial charge in [-0.3, -0.25) is 0 Å². The highest BCUT2D eigenvalue weighted by atomic mass is 79.9. The zero-order chi connectivity index (χ0) is 12.8. The van der Waals surface area contributed by atoms with E-state index in [9.17, 15) is 0 Å². The summed E-state index contributed by atoms with van der Waals surface area (Å²) in [7, 11) is 1.65. The summed E-state index contributed by atoms with van der Waals surface area (Å²) >= 11 is 6.90. The van der Waals surface area contributed by atoms with Gasteiger partial charge in [0, 0.05) is 23.1 Å². The highest BCUT2D eigenvalue weighted by molar-refractivity contribution is 9.11. The van der Waals surface area contributed by atoms with Crippen molar-refractivity contribution in [1.29, 1.82) is 5.26 Å². The van der Waals surface area contributed by atoms with E-state index >= 15 is 0 Å². The average molecular weight is 362 g/mol. The summed E-state index contributed by atoms with van der Waals surface area (Å²) in [5.41, 5.74) is 1.05. The Bertz CT molecular complexity index is 429. The predicted octanol–water partition coefficient (Wildman–Crippen LogP) is 3.47. The van der Waals surface area contributed by atoms with Crippen molar-refractivity contribution < 1.29 is 4.74 Å². The van der Waals surface area contributed by atoms with Crippen molar-refractivity contribution in [2.24, 2.45) is 5.92 Å². The Hall–Kier alpha value is -0.570. The van der Waals surface area contributed by atoms with Crippen LogP contribution in [-0.4, -0.2) is 13.7 Å². The second-order valence-electron chi connectivity index (χ2n) is 3.74. The predicted molar refractivity (Wildman–Crippen MR) is 74.9 cm³/mol. The van der Waals surface area contributed by atoms with Crippen LogP contribution in [0.3, 0.4) is 0 Å². The third kappa shape index (κ3) is 4.30. The molecule has 1 N–H and O–H groups in total. The molecule has 3 nitrogen and oxygen atoms in total. The molecule has 0 aliphatic rings. The minimum Gasteiger partial charge on any atom is -0.495 e. The Morgan fingerprint density at radius 2 is 2.18 bits per heavy atom. The van der Waals surface area contributed by atoms with Crippen LogP contribution in [0, 0.1) is 17.2 Å². The van der Waals surface area contributed by atoms with Crippen LogP contribution in [0.4, 0.5) is 0 Å². The molecule has 0 amide bonds. The van der Waals surface area contributed by atoms with E-state index in [4.69, 9.17) is 10.00 Å². The van der Waals surface area contributed by atoms with E-state index in [1.165, 1.54) is 0 Å². The largest absolute Gasteiger partial charge is 0.495 e. The number of benzene rings is 1. The van der Waals surface area contributed by atoms with Crippen LogP contribution in [0.1, 0.15) is 12.5 Å². The van der Waals surface area contributed by atoms with Crippen molar-refractivity contribution >= 4 is 31.9 Å². The molecule has 17 heavy (non-hydrogen) atoms. The molecule has 0 aliphatic carbocycles. The fraction of sp³-hybridized carbons (Fsp3) is 0.417. The maximum Gasteiger partial charge on any atom is 0.137 e. The number of ether oxygens (including phenoxy) is 1. The van der Waals surface area contributed by atoms with Gasteiger partial charge in [0.15, 0.2) is 0 Å². The third-order valence-corrected chi connectivity index (χ3v) is 3.32. The van der Waals surface area contributed by atoms with Gasteiger partial charge in [0.2, 0.25) is 0 Å². The summed E-state index contributed by atoms with van der Waals surface area (Å²) in [6, 6.07) is 6.14. The highest BCUT2D eigenvalue weighted by Crippen LogP contribution is 2.32. The van der Waals surface area contributed by atoms with Crippen LogP contribution in [0.15, 0.2) is 21.1 Å². The van der Waals surface area contributed by atoms with E-state index in [2.05, 4.69) is 43.2 Å². The van der Waals surface area contributed by atoms with Crippen molar-refractivity contribution in [2.75, 3.05) is 13.7 Å². The van der Waals surface area contributed by atoms with E-state index < -0.39 is 0 Å². The number of hydrogen-bond acceptors (Lipinski definition) is 3. The topological polar surface area (TPSA) is 45.0 Å². The first-order valence-corrected chi connectivity index (χ1v) is 6.79. The van der Waals surface area contributed by atoms with Gasteiger partial charge < -0.3 is 10.1 Å². The van der Waals surface area contributed by atoms with Gasteiger partial charge in [-0.15, -0.1) is 0 Å². The zero-order valence-electron chi connectivity index (χ0n) is 9.76. The molecule has 0 bridgehead atoms. The van der Waals surface area contributed by atoms with E-state index in [1.807, 2.05) is 19.1 Å². The van der Waals surface area contributed by atoms with Gasteiger partial charge in [0.05, 0.1) is 23.6 Å². The molecule has 1 aromatic carbocycles. The van der Waals surface area contributed by atoms with Crippen LogP contribution < -0.4 is 10.1 Å². The first-order valence-electron chi connectivity index (χ1n) is 5.20. The lowest BCUT2D eigenvalue weighted by molar-refractivity contribution is 0.404. The van der Waals surface area contributed by atoms with Gasteiger partial charge in [-0.1, -0.05) is 15.9 Å². The summed E-state index contributed by atoms with van der Waals surface area (Å²) in [4.78, 5) is 0. The fourth-order valence-electron chi connectivity index (χ4n) is 1.44. The minimum atomic E-state index is 0.0107. The summed E-state index contributed by atoms with van der Waals surface area (Å²) < 4.78 is 7.25. The number of hydrogen-bond donors (Lipinski definition) is 1. The number of nitriles is 1. The molecule has 1 aromatic rings. The van der Waals surface area contributed by atoms with Crippen molar-refractivity contribution in [2.45, 2.75) is 13.5 Å². The maximum absolute atomic E-state index is 8.69. The number of methoxy groups -OCH3 is 1. The zero-order valence-corrected chi connectivity index (χ0v) is 12.9. The molecule has 1 atom stereocenters. The van der Waals surface area contributed by atoms with Crippen LogP contribution in [0.2, 0.25) is 0 Å². The first kappa shape index (κ1) is 14.5. The second kappa shape index (κ2) is 7.00. The van der Waals surface area contributed by atoms with E-state index in [0.29, 0.717) is 13.1 Å². The molecule has 5 heteroatoms. The van der Waals surface area contributed by atoms with Crippen molar-refractivity contribution in [3.05, 3.63) is 26.6 Å². The van der Waals surface area contributed by atoms with E-state index in [-0.39, 0.29) is 5.92 Å². The van der Waals surface area contributed by atoms with Gasteiger partial charge in [-0.05, 0) is 35.0 Å². The SMILES string of the molecule is COc1c(Br)cc(Br)cc1CNCC(C)C#N. The maximum atomic E-state index is 8.69. The molecule has 92 valence electrons. The van der Waals surface area contributed by atoms with Gasteiger partial charge in [-0.25, -0.2) is 0 Å². The summed E-state index contributed by atoms with van der Waals surface area (Å²) in [5, 5.41) is 11.9. The Kier molecular flexibility index (Phi) is 5.96. The summed E-state index contributed by atoms with van der Waals surface area (Å²) in [6.45, 7) is 3.23. The molecule has 1 unspecified atom stereocenters. The van der Waals surface area contributed by atoms with Crippen molar-refractivity contribution in [3.8, 4) is 11.8 Å². The molecule has 1 rings (SSSR count). The normalized spacial score (nSPS) is 11.9. The third-order valence-electron chi connectivity index (χ3n) is 2.28. The molecule has 0 heterocycles. The molecule has 0 aliphatic heterocycles. The smallest absolute Gasteiger partial charge is 0.137 e. The van der Waals surface area contributed by atoms with Crippen LogP contribution in [-0.2, 0) is 6.54 Å². The molecule has 0 fully saturated rings. The molecule has 0 saturated carbocycles. The molecular weight excluding hydrogens is 348 g/mol. The van der Waals surface area contributed by atoms with Gasteiger partial charge in [-0.2, -0.15) is 5.26 Å². The molecule has 0 radical (unpaired) electrons. The average Bonchev–Trinajstić information content (AvgIpc) is 2.28. The van der Waals surface area contributed by atoms with Crippen molar-refractivity contribution in [1.82, 2.24) is 5.32 Å². The quantitative estimate of drug-likeness (QED) is 0.873. The fourth-order valence-corrected chi connectivity index (χ4v) is 2.92. The summed E-state index contributed by atoms with van der Waals surface area (Å²) in [6.07, 6.45) is 0. The van der Waals surface area contributed by atoms with Crippen LogP contribution >= 0.6 is 31.9 Å². The number of rotatable bonds is 5. The Morgan fingerprint density at radius 1 is 1.47 bits per heavy atom. The monoisotopic (exact) mass is 360 g/mol. The van der Waals surface area contributed by atoms with Gasteiger partial charge >= 0.3 is 0 Å². The van der Waals surface area contributed by atoms with Crippen molar-refractivity contribution in [3.63, 3.8) is 0 Å². The minimum absolute atomic E-state index is 0.0107. The molecular formula is C12H14Br2N2O. The summed E-state index contributed by atoms with van der Waals surface area (Å²) in [5.74, 6) is 0.835. The lowest BCUT2D eigenvalue weighted by Gasteiger charge is -2.12. The molecule has 0 spiro atoms. The van der Waals surface area contributed by atoms with Crippen LogP contribution in [0.5, 0.6) is 5.75 Å². The molecule has 0 saturated heterocycles. The Labute approximate surface area is 118 Å². The van der Waals surface area contributed by atoms with Crippen LogP contribution in [0.25, 0.3) is 0 Å². The lowest BCUT2D eigenvalue weighted by Crippen LogP contribution is -2.20. The first-order chi connectivity index (χ1) is 8.08. The Balaban J connectivity index is 2.73. The second-order valence-corrected chi connectivity index (χ2v) is 5.51. The highest BCUT2D eigenvalue weighted by Gasteiger charge is 2.09. The standard InChI is InChI=1S/C12H14Br2N2O/c1-8(5-15)6-16-7-9-3-10(13)4-11(14)12(9)17-2/h3-4,8,16H,6-7H2,1-2H3.